The Kier molecular flexibility index (Phi) is 7.16. The summed E-state index contributed by atoms with van der Waals surface area (Å²) in [5, 5.41) is 5.34. The van der Waals surface area contributed by atoms with Crippen LogP contribution in [0.2, 0.25) is 0 Å². The molecule has 1 saturated heterocycles. The third-order valence-corrected chi connectivity index (χ3v) is 6.54. The highest BCUT2D eigenvalue weighted by molar-refractivity contribution is 6.00. The van der Waals surface area contributed by atoms with Crippen LogP contribution >= 0.6 is 0 Å². The van der Waals surface area contributed by atoms with E-state index in [4.69, 9.17) is 19.9 Å². The van der Waals surface area contributed by atoms with Crippen molar-refractivity contribution in [2.75, 3.05) is 18.5 Å². The Morgan fingerprint density at radius 3 is 2.61 bits per heavy atom. The van der Waals surface area contributed by atoms with Crippen LogP contribution in [0.25, 0.3) is 0 Å². The van der Waals surface area contributed by atoms with E-state index >= 15 is 0 Å². The molecule has 1 unspecified atom stereocenters. The average Bonchev–Trinajstić information content (AvgIpc) is 2.83. The van der Waals surface area contributed by atoms with E-state index in [1.165, 1.54) is 18.2 Å². The molecule has 0 aromatic heterocycles. The van der Waals surface area contributed by atoms with Crippen molar-refractivity contribution in [1.29, 1.82) is 0 Å². The predicted octanol–water partition coefficient (Wildman–Crippen LogP) is 2.73. The van der Waals surface area contributed by atoms with Crippen LogP contribution in [0.5, 0.6) is 5.75 Å². The number of ether oxygens (including phenoxy) is 3. The summed E-state index contributed by atoms with van der Waals surface area (Å²) in [5.41, 5.74) is 3.98. The minimum atomic E-state index is -1.24. The van der Waals surface area contributed by atoms with E-state index < -0.39 is 41.5 Å². The van der Waals surface area contributed by atoms with Gasteiger partial charge in [0, 0.05) is 12.8 Å². The number of carbonyl (C=O) groups is 3. The number of fused-ring (bicyclic) bond motifs is 1. The van der Waals surface area contributed by atoms with Gasteiger partial charge in [-0.05, 0) is 29.9 Å². The first-order valence-electron chi connectivity index (χ1n) is 11.1. The number of carbonyl (C=O) groups excluding carboxylic acids is 3. The van der Waals surface area contributed by atoms with E-state index in [-0.39, 0.29) is 55.2 Å². The highest BCUT2D eigenvalue weighted by Crippen LogP contribution is 2.40. The molecule has 0 saturated carbocycles. The summed E-state index contributed by atoms with van der Waals surface area (Å²) in [6, 6.07) is 3.04. The summed E-state index contributed by atoms with van der Waals surface area (Å²) in [4.78, 5) is 38.0. The van der Waals surface area contributed by atoms with Crippen LogP contribution in [0, 0.1) is 17.2 Å². The Labute approximate surface area is 192 Å². The molecule has 33 heavy (non-hydrogen) atoms. The molecule has 1 aromatic carbocycles. The number of halogens is 1. The zero-order valence-electron chi connectivity index (χ0n) is 19.4. The van der Waals surface area contributed by atoms with E-state index in [2.05, 4.69) is 10.6 Å². The number of benzene rings is 1. The maximum Gasteiger partial charge on any atom is 0.405 e. The zero-order chi connectivity index (χ0) is 24.4. The van der Waals surface area contributed by atoms with Crippen LogP contribution in [-0.4, -0.2) is 48.9 Å². The van der Waals surface area contributed by atoms with Gasteiger partial charge in [0.2, 0.25) is 0 Å². The number of para-hydroxylation sites is 1. The molecule has 4 N–H and O–H groups in total. The highest BCUT2D eigenvalue weighted by atomic mass is 19.1. The minimum absolute atomic E-state index is 0.0119. The molecule has 0 radical (unpaired) electrons. The van der Waals surface area contributed by atoms with Gasteiger partial charge in [0.15, 0.2) is 17.7 Å². The number of hydrogen-bond acceptors (Lipinski definition) is 6. The Morgan fingerprint density at radius 1 is 1.33 bits per heavy atom. The fourth-order valence-electron chi connectivity index (χ4n) is 3.98. The van der Waals surface area contributed by atoms with Gasteiger partial charge >= 0.3 is 6.09 Å². The van der Waals surface area contributed by atoms with Crippen LogP contribution in [-0.2, 0) is 19.1 Å². The molecule has 182 valence electrons. The van der Waals surface area contributed by atoms with Gasteiger partial charge in [0.05, 0.1) is 18.9 Å². The lowest BCUT2D eigenvalue weighted by atomic mass is 9.78. The molecule has 9 nitrogen and oxygen atoms in total. The topological polar surface area (TPSA) is 129 Å². The monoisotopic (exact) mass is 465 g/mol. The lowest BCUT2D eigenvalue weighted by molar-refractivity contribution is -0.141. The summed E-state index contributed by atoms with van der Waals surface area (Å²) >= 11 is 0. The van der Waals surface area contributed by atoms with E-state index in [1.807, 2.05) is 27.7 Å². The number of primary amides is 1. The van der Waals surface area contributed by atoms with Crippen molar-refractivity contribution in [2.45, 2.75) is 64.7 Å². The fourth-order valence-corrected chi connectivity index (χ4v) is 3.98. The highest BCUT2D eigenvalue weighted by Gasteiger charge is 2.50. The Morgan fingerprint density at radius 2 is 2.00 bits per heavy atom. The smallest absolute Gasteiger partial charge is 0.405 e. The summed E-state index contributed by atoms with van der Waals surface area (Å²) in [5.74, 6) is -1.96. The normalized spacial score (nSPS) is 21.6. The SMILES string of the molecule is CC(C[C@H](OC(N)=O)C(=O)N[C@@H]1C(=O)Nc2cccc(F)c2OC12CCOCC2)C(C)(C)C. The van der Waals surface area contributed by atoms with Gasteiger partial charge in [-0.1, -0.05) is 33.8 Å². The summed E-state index contributed by atoms with van der Waals surface area (Å²) in [7, 11) is 0. The van der Waals surface area contributed by atoms with Crippen LogP contribution in [0.4, 0.5) is 14.9 Å². The molecule has 0 aliphatic carbocycles. The number of amides is 3. The van der Waals surface area contributed by atoms with E-state index in [1.54, 1.807) is 0 Å². The molecule has 10 heteroatoms. The molecule has 1 fully saturated rings. The Hall–Kier alpha value is -2.88. The first-order valence-corrected chi connectivity index (χ1v) is 11.1. The van der Waals surface area contributed by atoms with E-state index in [0.717, 1.165) is 0 Å². The second-order valence-electron chi connectivity index (χ2n) is 9.75. The van der Waals surface area contributed by atoms with Crippen LogP contribution in [0.3, 0.4) is 0 Å². The lowest BCUT2D eigenvalue weighted by Crippen LogP contribution is -2.63. The number of nitrogens with one attached hydrogen (secondary N) is 2. The third kappa shape index (κ3) is 5.55. The summed E-state index contributed by atoms with van der Waals surface area (Å²) in [6.45, 7) is 8.49. The fraction of sp³-hybridized carbons (Fsp3) is 0.609. The van der Waals surface area contributed by atoms with Crippen molar-refractivity contribution in [3.8, 4) is 5.75 Å². The molecule has 1 aromatic rings. The summed E-state index contributed by atoms with van der Waals surface area (Å²) in [6.07, 6.45) is -1.59. The number of rotatable bonds is 5. The van der Waals surface area contributed by atoms with Crippen LogP contribution in [0.1, 0.15) is 47.0 Å². The maximum absolute atomic E-state index is 14.6. The van der Waals surface area contributed by atoms with Crippen molar-refractivity contribution >= 4 is 23.6 Å². The van der Waals surface area contributed by atoms with E-state index in [9.17, 15) is 18.8 Å². The van der Waals surface area contributed by atoms with Gasteiger partial charge in [-0.3, -0.25) is 9.59 Å². The lowest BCUT2D eigenvalue weighted by Gasteiger charge is -2.41. The minimum Gasteiger partial charge on any atom is -0.479 e. The average molecular weight is 466 g/mol. The standard InChI is InChI=1S/C23H32FN3O6/c1-13(22(2,3)4)12-16(32-21(25)30)19(28)27-18-20(29)26-15-7-5-6-14(24)17(15)33-23(18)8-10-31-11-9-23/h5-7,13,16,18H,8-12H2,1-4H3,(H2,25,30)(H,26,29)(H,27,28)/t13?,16-,18+/m0/s1. The number of hydrogen-bond donors (Lipinski definition) is 3. The molecule has 2 heterocycles. The molecule has 2 aliphatic heterocycles. The first kappa shape index (κ1) is 24.8. The van der Waals surface area contributed by atoms with Crippen molar-refractivity contribution < 1.29 is 33.0 Å². The molecular weight excluding hydrogens is 433 g/mol. The van der Waals surface area contributed by atoms with Gasteiger partial charge < -0.3 is 30.6 Å². The van der Waals surface area contributed by atoms with Crippen molar-refractivity contribution in [3.05, 3.63) is 24.0 Å². The van der Waals surface area contributed by atoms with Crippen molar-refractivity contribution in [2.24, 2.45) is 17.1 Å². The van der Waals surface area contributed by atoms with Crippen LogP contribution < -0.4 is 21.1 Å². The van der Waals surface area contributed by atoms with Crippen molar-refractivity contribution in [1.82, 2.24) is 5.32 Å². The predicted molar refractivity (Wildman–Crippen MR) is 118 cm³/mol. The second kappa shape index (κ2) is 9.54. The van der Waals surface area contributed by atoms with Gasteiger partial charge in [0.1, 0.15) is 11.6 Å². The molecular formula is C23H32FN3O6. The summed E-state index contributed by atoms with van der Waals surface area (Å²) < 4.78 is 31.2. The maximum atomic E-state index is 14.6. The molecule has 0 bridgehead atoms. The largest absolute Gasteiger partial charge is 0.479 e. The molecule has 1 spiro atoms. The second-order valence-corrected chi connectivity index (χ2v) is 9.75. The van der Waals surface area contributed by atoms with Gasteiger partial charge in [-0.15, -0.1) is 0 Å². The quantitative estimate of drug-likeness (QED) is 0.613. The number of anilines is 1. The Bertz CT molecular complexity index is 910. The number of nitrogens with two attached hydrogens (primary N) is 1. The zero-order valence-corrected chi connectivity index (χ0v) is 19.4. The molecule has 3 rings (SSSR count). The molecule has 3 amide bonds. The molecule has 3 atom stereocenters. The van der Waals surface area contributed by atoms with E-state index in [0.29, 0.717) is 0 Å². The third-order valence-electron chi connectivity index (χ3n) is 6.54. The van der Waals surface area contributed by atoms with Gasteiger partial charge in [-0.2, -0.15) is 0 Å². The van der Waals surface area contributed by atoms with Crippen molar-refractivity contribution in [3.63, 3.8) is 0 Å². The first-order chi connectivity index (χ1) is 15.4. The van der Waals surface area contributed by atoms with Gasteiger partial charge in [0.25, 0.3) is 11.8 Å². The molecule has 2 aliphatic rings. The van der Waals surface area contributed by atoms with Gasteiger partial charge in [-0.25, -0.2) is 9.18 Å². The van der Waals surface area contributed by atoms with Crippen LogP contribution in [0.15, 0.2) is 18.2 Å². The Balaban J connectivity index is 1.91.